The van der Waals surface area contributed by atoms with Crippen LogP contribution >= 0.6 is 11.6 Å². The molecule has 0 saturated heterocycles. The lowest BCUT2D eigenvalue weighted by molar-refractivity contribution is -0.0987. The van der Waals surface area contributed by atoms with Crippen molar-refractivity contribution in [2.45, 2.75) is 33.6 Å². The van der Waals surface area contributed by atoms with Gasteiger partial charge in [-0.05, 0) is 49.1 Å². The standard InChI is InChI=1S/C16H22N2.C7H7Cl.2CH2O/c1-6-7-16(17-5)18-13(4)15-10-8-14(9-11-15)12(2)3;1-6-2-4-7(8)5-3-6;2*1-2/h6-12H,4H2,1-3,5H3,(H,17,18);2-5H,1H3;2*1H2/b7-6-;;;. The number of halogens is 1. The van der Waals surface area contributed by atoms with Gasteiger partial charge in [-0.2, -0.15) is 0 Å². The van der Waals surface area contributed by atoms with E-state index in [1.54, 1.807) is 7.05 Å². The van der Waals surface area contributed by atoms with E-state index in [0.29, 0.717) is 5.92 Å². The highest BCUT2D eigenvalue weighted by Gasteiger charge is 2.02. The Kier molecular flexibility index (Phi) is 17.6. The molecule has 0 amide bonds. The van der Waals surface area contributed by atoms with Crippen LogP contribution in [0.3, 0.4) is 0 Å². The SMILES string of the molecule is C=C(NC(/C=C\C)=NC)c1ccc(C(C)C)cc1.C=O.C=O.Cc1ccc(Cl)cc1. The molecule has 0 bridgehead atoms. The molecule has 0 aliphatic rings. The van der Waals surface area contributed by atoms with Gasteiger partial charge in [-0.25, -0.2) is 0 Å². The van der Waals surface area contributed by atoms with Gasteiger partial charge in [0, 0.05) is 17.8 Å². The minimum Gasteiger partial charge on any atom is -0.341 e. The van der Waals surface area contributed by atoms with E-state index in [2.05, 4.69) is 55.0 Å². The first-order chi connectivity index (χ1) is 14.4. The van der Waals surface area contributed by atoms with Crippen LogP contribution in [-0.4, -0.2) is 26.5 Å². The van der Waals surface area contributed by atoms with Crippen molar-refractivity contribution in [2.24, 2.45) is 4.99 Å². The number of allylic oxidation sites excluding steroid dienone is 1. The van der Waals surface area contributed by atoms with E-state index in [1.165, 1.54) is 11.1 Å². The molecule has 0 saturated carbocycles. The Morgan fingerprint density at radius 1 is 1.00 bits per heavy atom. The highest BCUT2D eigenvalue weighted by Crippen LogP contribution is 2.17. The van der Waals surface area contributed by atoms with Gasteiger partial charge in [-0.15, -0.1) is 0 Å². The fraction of sp³-hybridized carbons (Fsp3) is 0.240. The molecule has 1 N–H and O–H groups in total. The number of nitrogens with zero attached hydrogens (tertiary/aromatic N) is 1. The molecule has 0 spiro atoms. The molecule has 0 unspecified atom stereocenters. The predicted molar refractivity (Wildman–Crippen MR) is 131 cm³/mol. The van der Waals surface area contributed by atoms with Crippen molar-refractivity contribution in [3.63, 3.8) is 0 Å². The van der Waals surface area contributed by atoms with Crippen molar-refractivity contribution in [3.05, 3.63) is 89.0 Å². The zero-order chi connectivity index (χ0) is 23.5. The molecule has 0 heterocycles. The van der Waals surface area contributed by atoms with Crippen molar-refractivity contribution in [1.82, 2.24) is 5.32 Å². The first-order valence-electron chi connectivity index (χ1n) is 9.33. The zero-order valence-corrected chi connectivity index (χ0v) is 19.4. The number of aliphatic imine (C=N–C) groups is 1. The number of rotatable bonds is 4. The van der Waals surface area contributed by atoms with Gasteiger partial charge < -0.3 is 14.9 Å². The summed E-state index contributed by atoms with van der Waals surface area (Å²) in [5.41, 5.74) is 4.54. The Hall–Kier alpha value is -2.98. The van der Waals surface area contributed by atoms with Crippen molar-refractivity contribution >= 4 is 36.7 Å². The van der Waals surface area contributed by atoms with Gasteiger partial charge in [0.2, 0.25) is 0 Å². The fourth-order valence-electron chi connectivity index (χ4n) is 2.16. The van der Waals surface area contributed by atoms with Crippen LogP contribution < -0.4 is 5.32 Å². The molecule has 2 aromatic rings. The average molecular weight is 429 g/mol. The number of benzene rings is 2. The molecule has 162 valence electrons. The number of hydrogen-bond acceptors (Lipinski definition) is 3. The number of aryl methyl sites for hydroxylation is 1. The van der Waals surface area contributed by atoms with Gasteiger partial charge in [0.15, 0.2) is 0 Å². The molecule has 2 aromatic carbocycles. The summed E-state index contributed by atoms with van der Waals surface area (Å²) in [6, 6.07) is 16.2. The van der Waals surface area contributed by atoms with Crippen LogP contribution in [-0.2, 0) is 9.59 Å². The first-order valence-corrected chi connectivity index (χ1v) is 9.70. The number of carbonyl (C=O) groups excluding carboxylic acids is 2. The van der Waals surface area contributed by atoms with Crippen molar-refractivity contribution in [3.8, 4) is 0 Å². The fourth-order valence-corrected chi connectivity index (χ4v) is 2.29. The molecule has 0 aliphatic heterocycles. The minimum atomic E-state index is 0.552. The lowest BCUT2D eigenvalue weighted by Gasteiger charge is -2.11. The van der Waals surface area contributed by atoms with Gasteiger partial charge in [-0.1, -0.05) is 80.1 Å². The monoisotopic (exact) mass is 428 g/mol. The van der Waals surface area contributed by atoms with Crippen LogP contribution in [0.15, 0.2) is 72.3 Å². The maximum atomic E-state index is 8.00. The summed E-state index contributed by atoms with van der Waals surface area (Å²) in [5.74, 6) is 1.37. The van der Waals surface area contributed by atoms with E-state index in [1.807, 2.05) is 63.8 Å². The van der Waals surface area contributed by atoms with Crippen molar-refractivity contribution in [1.29, 1.82) is 0 Å². The molecular weight excluding hydrogens is 396 g/mol. The molecule has 0 atom stereocenters. The lowest BCUT2D eigenvalue weighted by atomic mass is 10.0. The third kappa shape index (κ3) is 12.5. The van der Waals surface area contributed by atoms with E-state index >= 15 is 0 Å². The molecule has 0 radical (unpaired) electrons. The number of nitrogens with one attached hydrogen (secondary N) is 1. The maximum Gasteiger partial charge on any atom is 0.124 e. The van der Waals surface area contributed by atoms with Gasteiger partial charge in [0.1, 0.15) is 19.4 Å². The van der Waals surface area contributed by atoms with E-state index in [4.69, 9.17) is 21.2 Å². The second kappa shape index (κ2) is 18.1. The first kappa shape index (κ1) is 29.2. The molecule has 0 aromatic heterocycles. The van der Waals surface area contributed by atoms with E-state index in [9.17, 15) is 0 Å². The predicted octanol–water partition coefficient (Wildman–Crippen LogP) is 6.25. The maximum absolute atomic E-state index is 8.00. The zero-order valence-electron chi connectivity index (χ0n) is 18.6. The van der Waals surface area contributed by atoms with Crippen LogP contribution in [0.1, 0.15) is 43.4 Å². The molecule has 2 rings (SSSR count). The molecule has 0 aliphatic carbocycles. The molecule has 0 fully saturated rings. The summed E-state index contributed by atoms with van der Waals surface area (Å²) in [5, 5.41) is 4.00. The lowest BCUT2D eigenvalue weighted by Crippen LogP contribution is -2.19. The summed E-state index contributed by atoms with van der Waals surface area (Å²) in [6.45, 7) is 16.4. The summed E-state index contributed by atoms with van der Waals surface area (Å²) in [4.78, 5) is 20.1. The van der Waals surface area contributed by atoms with Crippen LogP contribution in [0, 0.1) is 6.92 Å². The highest BCUT2D eigenvalue weighted by atomic mass is 35.5. The Balaban J connectivity index is 0. The van der Waals surface area contributed by atoms with Crippen molar-refractivity contribution < 1.29 is 9.59 Å². The van der Waals surface area contributed by atoms with Gasteiger partial charge in [0.05, 0.1) is 0 Å². The third-order valence-electron chi connectivity index (χ3n) is 3.78. The largest absolute Gasteiger partial charge is 0.341 e. The van der Waals surface area contributed by atoms with E-state index in [-0.39, 0.29) is 0 Å². The van der Waals surface area contributed by atoms with E-state index < -0.39 is 0 Å². The van der Waals surface area contributed by atoms with Crippen molar-refractivity contribution in [2.75, 3.05) is 7.05 Å². The normalized spacial score (nSPS) is 10.0. The van der Waals surface area contributed by atoms with Crippen LogP contribution in [0.5, 0.6) is 0 Å². The smallest absolute Gasteiger partial charge is 0.124 e. The molecule has 5 heteroatoms. The average Bonchev–Trinajstić information content (AvgIpc) is 2.78. The number of carbonyl (C=O) groups is 2. The van der Waals surface area contributed by atoms with Crippen LogP contribution in [0.4, 0.5) is 0 Å². The Morgan fingerprint density at radius 2 is 1.50 bits per heavy atom. The molecule has 4 nitrogen and oxygen atoms in total. The summed E-state index contributed by atoms with van der Waals surface area (Å²) in [6.07, 6.45) is 3.87. The van der Waals surface area contributed by atoms with Gasteiger partial charge >= 0.3 is 0 Å². The van der Waals surface area contributed by atoms with Crippen LogP contribution in [0.2, 0.25) is 5.02 Å². The van der Waals surface area contributed by atoms with E-state index in [0.717, 1.165) is 22.1 Å². The quantitative estimate of drug-likeness (QED) is 0.462. The topological polar surface area (TPSA) is 58.5 Å². The van der Waals surface area contributed by atoms with Gasteiger partial charge in [-0.3, -0.25) is 4.99 Å². The third-order valence-corrected chi connectivity index (χ3v) is 4.03. The summed E-state index contributed by atoms with van der Waals surface area (Å²) >= 11 is 5.61. The number of hydrogen-bond donors (Lipinski definition) is 1. The molecule has 30 heavy (non-hydrogen) atoms. The Bertz CT molecular complexity index is 757. The minimum absolute atomic E-state index is 0.552. The van der Waals surface area contributed by atoms with Gasteiger partial charge in [0.25, 0.3) is 0 Å². The second-order valence-corrected chi connectivity index (χ2v) is 6.72. The van der Waals surface area contributed by atoms with Crippen LogP contribution in [0.25, 0.3) is 5.70 Å². The Labute approximate surface area is 186 Å². The highest BCUT2D eigenvalue weighted by molar-refractivity contribution is 6.30. The summed E-state index contributed by atoms with van der Waals surface area (Å²) in [7, 11) is 1.76. The number of amidine groups is 1. The Morgan fingerprint density at radius 3 is 1.87 bits per heavy atom. The molecular formula is C25H33ClN2O2. The summed E-state index contributed by atoms with van der Waals surface area (Å²) < 4.78 is 0. The second-order valence-electron chi connectivity index (χ2n) is 6.28.